The molecule has 5 heteroatoms. The number of ketones is 1. The van der Waals surface area contributed by atoms with Crippen LogP contribution >= 0.6 is 15.9 Å². The molecule has 22 heavy (non-hydrogen) atoms. The molecule has 0 bridgehead atoms. The molecule has 0 unspecified atom stereocenters. The number of para-hydroxylation sites is 2. The van der Waals surface area contributed by atoms with E-state index >= 15 is 0 Å². The smallest absolute Gasteiger partial charge is 0.181 e. The van der Waals surface area contributed by atoms with Crippen LogP contribution in [0.2, 0.25) is 0 Å². The van der Waals surface area contributed by atoms with Crippen molar-refractivity contribution in [3.05, 3.63) is 52.5 Å². The van der Waals surface area contributed by atoms with Gasteiger partial charge in [-0.15, -0.1) is 0 Å². The number of hydrogen-bond acceptors (Lipinski definition) is 4. The highest BCUT2D eigenvalue weighted by Crippen LogP contribution is 2.26. The third-order valence-corrected chi connectivity index (χ3v) is 3.72. The van der Waals surface area contributed by atoms with Gasteiger partial charge in [0.15, 0.2) is 5.78 Å². The maximum atomic E-state index is 12.3. The number of Topliss-reactive ketones (excluding diaryl/α,β-unsaturated/α-hetero) is 1. The van der Waals surface area contributed by atoms with Crippen molar-refractivity contribution in [3.63, 3.8) is 0 Å². The minimum atomic E-state index is -0.00495. The standard InChI is InChI=1S/C17H18BrNO3/c1-3-22-17-7-5-4-6-14(17)19-11-15(20)12-8-9-16(21-2)13(18)10-12/h4-10,19H,3,11H2,1-2H3. The quantitative estimate of drug-likeness (QED) is 0.750. The molecule has 2 aromatic rings. The van der Waals surface area contributed by atoms with E-state index in [9.17, 15) is 4.79 Å². The second-order valence-electron chi connectivity index (χ2n) is 4.56. The van der Waals surface area contributed by atoms with Crippen LogP contribution in [0.25, 0.3) is 0 Å². The van der Waals surface area contributed by atoms with Crippen molar-refractivity contribution in [2.24, 2.45) is 0 Å². The third-order valence-electron chi connectivity index (χ3n) is 3.10. The summed E-state index contributed by atoms with van der Waals surface area (Å²) >= 11 is 3.39. The van der Waals surface area contributed by atoms with E-state index in [0.717, 1.165) is 15.9 Å². The summed E-state index contributed by atoms with van der Waals surface area (Å²) < 4.78 is 11.4. The molecule has 0 fully saturated rings. The average Bonchev–Trinajstić information content (AvgIpc) is 2.54. The molecule has 1 N–H and O–H groups in total. The predicted molar refractivity (Wildman–Crippen MR) is 91.1 cm³/mol. The molecule has 0 radical (unpaired) electrons. The highest BCUT2D eigenvalue weighted by atomic mass is 79.9. The van der Waals surface area contributed by atoms with Crippen LogP contribution in [0.15, 0.2) is 46.9 Å². The van der Waals surface area contributed by atoms with Crippen LogP contribution < -0.4 is 14.8 Å². The molecule has 0 aliphatic rings. The first kappa shape index (κ1) is 16.4. The van der Waals surface area contributed by atoms with E-state index in [0.29, 0.717) is 17.9 Å². The normalized spacial score (nSPS) is 10.1. The zero-order valence-corrected chi connectivity index (χ0v) is 14.1. The van der Waals surface area contributed by atoms with E-state index in [-0.39, 0.29) is 12.3 Å². The minimum Gasteiger partial charge on any atom is -0.496 e. The summed E-state index contributed by atoms with van der Waals surface area (Å²) in [5.41, 5.74) is 1.43. The molecule has 0 saturated carbocycles. The first-order chi connectivity index (χ1) is 10.7. The zero-order chi connectivity index (χ0) is 15.9. The van der Waals surface area contributed by atoms with E-state index in [4.69, 9.17) is 9.47 Å². The Morgan fingerprint density at radius 1 is 1.18 bits per heavy atom. The van der Waals surface area contributed by atoms with Crippen molar-refractivity contribution in [2.45, 2.75) is 6.92 Å². The number of anilines is 1. The van der Waals surface area contributed by atoms with Crippen LogP contribution in [0.5, 0.6) is 11.5 Å². The molecular weight excluding hydrogens is 346 g/mol. The number of nitrogens with one attached hydrogen (secondary N) is 1. The van der Waals surface area contributed by atoms with Crippen molar-refractivity contribution < 1.29 is 14.3 Å². The Morgan fingerprint density at radius 3 is 2.64 bits per heavy atom. The van der Waals surface area contributed by atoms with Crippen LogP contribution in [0.1, 0.15) is 17.3 Å². The molecule has 0 aromatic heterocycles. The summed E-state index contributed by atoms with van der Waals surface area (Å²) in [6, 6.07) is 12.9. The van der Waals surface area contributed by atoms with Crippen LogP contribution in [0, 0.1) is 0 Å². The maximum Gasteiger partial charge on any atom is 0.181 e. The van der Waals surface area contributed by atoms with Crippen LogP contribution in [0.4, 0.5) is 5.69 Å². The summed E-state index contributed by atoms with van der Waals surface area (Å²) in [5, 5.41) is 3.12. The lowest BCUT2D eigenvalue weighted by Crippen LogP contribution is -2.14. The van der Waals surface area contributed by atoms with Crippen LogP contribution in [-0.2, 0) is 0 Å². The molecule has 0 spiro atoms. The number of carbonyl (C=O) groups is 1. The van der Waals surface area contributed by atoms with Gasteiger partial charge in [0.1, 0.15) is 11.5 Å². The van der Waals surface area contributed by atoms with Gasteiger partial charge >= 0.3 is 0 Å². The molecule has 4 nitrogen and oxygen atoms in total. The number of hydrogen-bond donors (Lipinski definition) is 1. The number of benzene rings is 2. The van der Waals surface area contributed by atoms with E-state index in [2.05, 4.69) is 21.2 Å². The van der Waals surface area contributed by atoms with Gasteiger partial charge in [0.25, 0.3) is 0 Å². The number of ether oxygens (including phenoxy) is 2. The molecule has 0 heterocycles. The van der Waals surface area contributed by atoms with Crippen LogP contribution in [-0.4, -0.2) is 26.0 Å². The van der Waals surface area contributed by atoms with E-state index in [1.807, 2.05) is 31.2 Å². The Hall–Kier alpha value is -2.01. The number of rotatable bonds is 7. The van der Waals surface area contributed by atoms with Gasteiger partial charge in [-0.05, 0) is 53.2 Å². The van der Waals surface area contributed by atoms with E-state index in [1.54, 1.807) is 25.3 Å². The molecule has 0 aliphatic heterocycles. The fraction of sp³-hybridized carbons (Fsp3) is 0.235. The highest BCUT2D eigenvalue weighted by molar-refractivity contribution is 9.10. The second-order valence-corrected chi connectivity index (χ2v) is 5.41. The monoisotopic (exact) mass is 363 g/mol. The molecule has 0 saturated heterocycles. The number of methoxy groups -OCH3 is 1. The Bertz CT molecular complexity index is 658. The first-order valence-electron chi connectivity index (χ1n) is 6.98. The average molecular weight is 364 g/mol. The van der Waals surface area contributed by atoms with Gasteiger partial charge < -0.3 is 14.8 Å². The first-order valence-corrected chi connectivity index (χ1v) is 7.77. The zero-order valence-electron chi connectivity index (χ0n) is 12.6. The topological polar surface area (TPSA) is 47.6 Å². The van der Waals surface area contributed by atoms with Crippen molar-refractivity contribution in [1.29, 1.82) is 0 Å². The Morgan fingerprint density at radius 2 is 1.95 bits per heavy atom. The summed E-state index contributed by atoms with van der Waals surface area (Å²) in [7, 11) is 1.59. The predicted octanol–water partition coefficient (Wildman–Crippen LogP) is 4.15. The fourth-order valence-corrected chi connectivity index (χ4v) is 2.55. The molecule has 0 aliphatic carbocycles. The van der Waals surface area contributed by atoms with Gasteiger partial charge in [-0.3, -0.25) is 4.79 Å². The second kappa shape index (κ2) is 7.84. The molecule has 2 rings (SSSR count). The summed E-state index contributed by atoms with van der Waals surface area (Å²) in [6.45, 7) is 2.71. The Balaban J connectivity index is 2.05. The van der Waals surface area contributed by atoms with Crippen molar-refractivity contribution in [3.8, 4) is 11.5 Å². The minimum absolute atomic E-state index is 0.00495. The van der Waals surface area contributed by atoms with Gasteiger partial charge in [-0.2, -0.15) is 0 Å². The Labute approximate surface area is 138 Å². The summed E-state index contributed by atoms with van der Waals surface area (Å²) in [5.74, 6) is 1.44. The SMILES string of the molecule is CCOc1ccccc1NCC(=O)c1ccc(OC)c(Br)c1. The molecule has 0 amide bonds. The third kappa shape index (κ3) is 4.01. The molecule has 116 valence electrons. The molecular formula is C17H18BrNO3. The lowest BCUT2D eigenvalue weighted by molar-refractivity contribution is 0.101. The van der Waals surface area contributed by atoms with Crippen LogP contribution in [0.3, 0.4) is 0 Å². The van der Waals surface area contributed by atoms with Gasteiger partial charge in [0.2, 0.25) is 0 Å². The van der Waals surface area contributed by atoms with Gasteiger partial charge in [0, 0.05) is 5.56 Å². The summed E-state index contributed by atoms with van der Waals surface area (Å²) in [6.07, 6.45) is 0. The van der Waals surface area contributed by atoms with Crippen molar-refractivity contribution >= 4 is 27.4 Å². The van der Waals surface area contributed by atoms with Gasteiger partial charge in [-0.1, -0.05) is 12.1 Å². The lowest BCUT2D eigenvalue weighted by Gasteiger charge is -2.12. The van der Waals surface area contributed by atoms with Gasteiger partial charge in [-0.25, -0.2) is 0 Å². The molecule has 2 aromatic carbocycles. The largest absolute Gasteiger partial charge is 0.496 e. The fourth-order valence-electron chi connectivity index (χ4n) is 2.01. The van der Waals surface area contributed by atoms with Crippen molar-refractivity contribution in [2.75, 3.05) is 25.6 Å². The highest BCUT2D eigenvalue weighted by Gasteiger charge is 2.10. The molecule has 0 atom stereocenters. The van der Waals surface area contributed by atoms with E-state index < -0.39 is 0 Å². The van der Waals surface area contributed by atoms with Gasteiger partial charge in [0.05, 0.1) is 30.4 Å². The van der Waals surface area contributed by atoms with E-state index in [1.165, 1.54) is 0 Å². The summed E-state index contributed by atoms with van der Waals surface area (Å²) in [4.78, 5) is 12.3. The lowest BCUT2D eigenvalue weighted by atomic mass is 10.1. The maximum absolute atomic E-state index is 12.3. The van der Waals surface area contributed by atoms with Crippen molar-refractivity contribution in [1.82, 2.24) is 0 Å². The number of carbonyl (C=O) groups excluding carboxylic acids is 1. The Kier molecular flexibility index (Phi) is 5.83. The number of halogens is 1.